The second kappa shape index (κ2) is 10.1. The Morgan fingerprint density at radius 2 is 2.06 bits per heavy atom. The number of thiophene rings is 1. The lowest BCUT2D eigenvalue weighted by atomic mass is 9.85. The summed E-state index contributed by atoms with van der Waals surface area (Å²) in [6.45, 7) is 4.06. The van der Waals surface area contributed by atoms with Gasteiger partial charge in [0.2, 0.25) is 5.91 Å². The molecule has 0 aliphatic heterocycles. The van der Waals surface area contributed by atoms with E-state index >= 15 is 0 Å². The van der Waals surface area contributed by atoms with Crippen molar-refractivity contribution in [3.8, 4) is 0 Å². The largest absolute Gasteiger partial charge is 0.462 e. The highest BCUT2D eigenvalue weighted by Gasteiger charge is 2.33. The van der Waals surface area contributed by atoms with Crippen LogP contribution in [0.25, 0.3) is 6.08 Å². The maximum atomic E-state index is 13.0. The van der Waals surface area contributed by atoms with Crippen molar-refractivity contribution in [2.24, 2.45) is 5.92 Å². The summed E-state index contributed by atoms with van der Waals surface area (Å²) in [4.78, 5) is 26.1. The predicted molar refractivity (Wildman–Crippen MR) is 120 cm³/mol. The van der Waals surface area contributed by atoms with E-state index in [0.717, 1.165) is 54.3 Å². The highest BCUT2D eigenvalue weighted by atomic mass is 35.5. The monoisotopic (exact) mass is 485 g/mol. The highest BCUT2D eigenvalue weighted by molar-refractivity contribution is 7.17. The number of nitrogens with one attached hydrogen (secondary N) is 1. The van der Waals surface area contributed by atoms with Crippen LogP contribution in [0.3, 0.4) is 0 Å². The van der Waals surface area contributed by atoms with Gasteiger partial charge in [-0.1, -0.05) is 31.0 Å². The molecular weight excluding hydrogens is 463 g/mol. The Kier molecular flexibility index (Phi) is 7.67. The summed E-state index contributed by atoms with van der Waals surface area (Å²) < 4.78 is 44.3. The average Bonchev–Trinajstić information content (AvgIpc) is 3.09. The molecule has 1 aliphatic carbocycles. The minimum Gasteiger partial charge on any atom is -0.462 e. The third kappa shape index (κ3) is 5.53. The molecule has 0 saturated heterocycles. The third-order valence-electron chi connectivity index (χ3n) is 5.38. The van der Waals surface area contributed by atoms with Crippen molar-refractivity contribution < 1.29 is 27.5 Å². The minimum absolute atomic E-state index is 0.179. The highest BCUT2D eigenvalue weighted by Crippen LogP contribution is 2.41. The van der Waals surface area contributed by atoms with Gasteiger partial charge in [0.1, 0.15) is 5.00 Å². The molecule has 32 heavy (non-hydrogen) atoms. The van der Waals surface area contributed by atoms with Crippen LogP contribution in [-0.4, -0.2) is 18.5 Å². The molecule has 4 nitrogen and oxygen atoms in total. The van der Waals surface area contributed by atoms with Crippen LogP contribution in [0.2, 0.25) is 5.02 Å². The van der Waals surface area contributed by atoms with Crippen LogP contribution >= 0.6 is 22.9 Å². The number of ether oxygens (including phenoxy) is 1. The fraction of sp³-hybridized carbons (Fsp3) is 0.391. The summed E-state index contributed by atoms with van der Waals surface area (Å²) in [5.41, 5.74) is 0.514. The molecule has 0 radical (unpaired) electrons. The number of hydrogen-bond acceptors (Lipinski definition) is 4. The lowest BCUT2D eigenvalue weighted by Crippen LogP contribution is -2.16. The molecule has 0 fully saturated rings. The van der Waals surface area contributed by atoms with Gasteiger partial charge in [-0.15, -0.1) is 11.3 Å². The Morgan fingerprint density at radius 1 is 1.31 bits per heavy atom. The molecule has 1 aromatic carbocycles. The number of amides is 1. The Morgan fingerprint density at radius 3 is 2.72 bits per heavy atom. The summed E-state index contributed by atoms with van der Waals surface area (Å²) >= 11 is 6.99. The van der Waals surface area contributed by atoms with Gasteiger partial charge in [-0.3, -0.25) is 4.79 Å². The van der Waals surface area contributed by atoms with Gasteiger partial charge in [-0.05, 0) is 61.4 Å². The molecule has 1 amide bonds. The first-order valence-electron chi connectivity index (χ1n) is 10.3. The quantitative estimate of drug-likeness (QED) is 0.363. The van der Waals surface area contributed by atoms with E-state index in [1.165, 1.54) is 23.5 Å². The normalized spacial score (nSPS) is 16.1. The minimum atomic E-state index is -4.59. The number of halogens is 4. The SMILES string of the molecule is CCOC(=O)c1c(NC(=O)/C=C/c2ccc(Cl)c(C(F)(F)F)c2)sc2c1CCC(CC)C2. The molecule has 1 heterocycles. The van der Waals surface area contributed by atoms with E-state index in [4.69, 9.17) is 16.3 Å². The van der Waals surface area contributed by atoms with Gasteiger partial charge in [0, 0.05) is 11.0 Å². The van der Waals surface area contributed by atoms with Gasteiger partial charge in [0.25, 0.3) is 0 Å². The first kappa shape index (κ1) is 24.3. The Balaban J connectivity index is 1.83. The Labute approximate surface area is 193 Å². The van der Waals surface area contributed by atoms with Crippen LogP contribution in [0.1, 0.15) is 58.6 Å². The van der Waals surface area contributed by atoms with Crippen molar-refractivity contribution in [3.63, 3.8) is 0 Å². The zero-order valence-electron chi connectivity index (χ0n) is 17.6. The Bertz CT molecular complexity index is 1050. The smallest absolute Gasteiger partial charge is 0.417 e. The van der Waals surface area contributed by atoms with Gasteiger partial charge in [0.15, 0.2) is 0 Å². The first-order valence-corrected chi connectivity index (χ1v) is 11.5. The predicted octanol–water partition coefficient (Wildman–Crippen LogP) is 6.76. The summed E-state index contributed by atoms with van der Waals surface area (Å²) in [5, 5.41) is 2.71. The van der Waals surface area contributed by atoms with Crippen LogP contribution in [0.5, 0.6) is 0 Å². The van der Waals surface area contributed by atoms with Gasteiger partial charge in [0.05, 0.1) is 22.8 Å². The van der Waals surface area contributed by atoms with Crippen LogP contribution in [0, 0.1) is 5.92 Å². The van der Waals surface area contributed by atoms with Crippen LogP contribution in [0.15, 0.2) is 24.3 Å². The number of rotatable bonds is 6. The topological polar surface area (TPSA) is 55.4 Å². The summed E-state index contributed by atoms with van der Waals surface area (Å²) in [6.07, 6.45) is 1.41. The van der Waals surface area contributed by atoms with Crippen LogP contribution < -0.4 is 5.32 Å². The number of anilines is 1. The summed E-state index contributed by atoms with van der Waals surface area (Å²) in [7, 11) is 0. The van der Waals surface area contributed by atoms with Crippen LogP contribution in [-0.2, 0) is 28.5 Å². The molecule has 1 aromatic heterocycles. The maximum absolute atomic E-state index is 13.0. The zero-order chi connectivity index (χ0) is 23.5. The number of fused-ring (bicyclic) bond motifs is 1. The lowest BCUT2D eigenvalue weighted by Gasteiger charge is -2.20. The molecule has 0 bridgehead atoms. The Hall–Kier alpha value is -2.32. The van der Waals surface area contributed by atoms with E-state index in [9.17, 15) is 22.8 Å². The zero-order valence-corrected chi connectivity index (χ0v) is 19.2. The number of carbonyl (C=O) groups excluding carboxylic acids is 2. The van der Waals surface area contributed by atoms with E-state index < -0.39 is 28.6 Å². The van der Waals surface area contributed by atoms with Crippen molar-refractivity contribution in [1.82, 2.24) is 0 Å². The van der Waals surface area contributed by atoms with E-state index in [1.54, 1.807) is 6.92 Å². The van der Waals surface area contributed by atoms with E-state index in [-0.39, 0.29) is 12.2 Å². The number of carbonyl (C=O) groups is 2. The van der Waals surface area contributed by atoms with Crippen molar-refractivity contribution >= 4 is 45.9 Å². The van der Waals surface area contributed by atoms with Gasteiger partial charge < -0.3 is 10.1 Å². The number of esters is 1. The molecule has 1 unspecified atom stereocenters. The van der Waals surface area contributed by atoms with Crippen molar-refractivity contribution in [1.29, 1.82) is 0 Å². The maximum Gasteiger partial charge on any atom is 0.417 e. The van der Waals surface area contributed by atoms with Gasteiger partial charge in [-0.25, -0.2) is 4.79 Å². The molecule has 3 rings (SSSR count). The van der Waals surface area contributed by atoms with Gasteiger partial charge >= 0.3 is 12.1 Å². The number of hydrogen-bond donors (Lipinski definition) is 1. The fourth-order valence-corrected chi connectivity index (χ4v) is 5.28. The van der Waals surface area contributed by atoms with Crippen LogP contribution in [0.4, 0.5) is 18.2 Å². The van der Waals surface area contributed by atoms with E-state index in [2.05, 4.69) is 12.2 Å². The molecule has 1 atom stereocenters. The number of alkyl halides is 3. The van der Waals surface area contributed by atoms with Crippen molar-refractivity contribution in [2.75, 3.05) is 11.9 Å². The second-order valence-electron chi connectivity index (χ2n) is 7.51. The molecule has 1 N–H and O–H groups in total. The average molecular weight is 486 g/mol. The van der Waals surface area contributed by atoms with E-state index in [1.807, 2.05) is 0 Å². The molecule has 9 heteroatoms. The molecule has 172 valence electrons. The third-order valence-corrected chi connectivity index (χ3v) is 6.88. The molecule has 2 aromatic rings. The van der Waals surface area contributed by atoms with E-state index in [0.29, 0.717) is 16.5 Å². The second-order valence-corrected chi connectivity index (χ2v) is 9.02. The molecular formula is C23H23ClF3NO3S. The fourth-order valence-electron chi connectivity index (χ4n) is 3.70. The molecule has 1 aliphatic rings. The molecule has 0 saturated carbocycles. The van der Waals surface area contributed by atoms with Gasteiger partial charge in [-0.2, -0.15) is 13.2 Å². The number of benzene rings is 1. The lowest BCUT2D eigenvalue weighted by molar-refractivity contribution is -0.137. The van der Waals surface area contributed by atoms with Crippen molar-refractivity contribution in [2.45, 2.75) is 45.7 Å². The van der Waals surface area contributed by atoms with Crippen molar-refractivity contribution in [3.05, 3.63) is 56.4 Å². The first-order chi connectivity index (χ1) is 15.1. The summed E-state index contributed by atoms with van der Waals surface area (Å²) in [5.74, 6) is -0.496. The summed E-state index contributed by atoms with van der Waals surface area (Å²) in [6, 6.07) is 3.41. The standard InChI is InChI=1S/C23H23ClF3NO3S/c1-3-13-5-8-15-18(12-13)32-21(20(15)22(30)31-4-2)28-19(29)10-7-14-6-9-17(24)16(11-14)23(25,26)27/h6-7,9-11,13H,3-5,8,12H2,1-2H3,(H,28,29)/b10-7+. The molecule has 0 spiro atoms.